The van der Waals surface area contributed by atoms with Crippen molar-refractivity contribution in [3.05, 3.63) is 47.2 Å². The number of nitrogens with one attached hydrogen (secondary N) is 1. The molecule has 0 aliphatic carbocycles. The molecule has 0 radical (unpaired) electrons. The molecule has 188 valence electrons. The van der Waals surface area contributed by atoms with Crippen molar-refractivity contribution in [2.24, 2.45) is 0 Å². The van der Waals surface area contributed by atoms with Gasteiger partial charge in [0.05, 0.1) is 26.9 Å². The maximum absolute atomic E-state index is 11.8. The van der Waals surface area contributed by atoms with E-state index < -0.39 is 54.7 Å². The molecule has 0 saturated heterocycles. The number of aliphatic carboxylic acids is 1. The second kappa shape index (κ2) is 12.4. The molecule has 6 N–H and O–H groups in total. The van der Waals surface area contributed by atoms with Crippen LogP contribution in [-0.4, -0.2) is 88.7 Å². The summed E-state index contributed by atoms with van der Waals surface area (Å²) >= 11 is 0. The molecule has 0 bridgehead atoms. The molecule has 0 saturated carbocycles. The maximum Gasteiger partial charge on any atom is 0.371 e. The van der Waals surface area contributed by atoms with Gasteiger partial charge in [-0.15, -0.1) is 0 Å². The summed E-state index contributed by atoms with van der Waals surface area (Å²) < 4.78 is 15.9. The summed E-state index contributed by atoms with van der Waals surface area (Å²) in [4.78, 5) is 23.5. The van der Waals surface area contributed by atoms with E-state index in [0.717, 1.165) is 5.56 Å². The van der Waals surface area contributed by atoms with E-state index in [9.17, 15) is 30.0 Å². The quantitative estimate of drug-likeness (QED) is 0.226. The molecule has 1 heterocycles. The summed E-state index contributed by atoms with van der Waals surface area (Å²) in [6.07, 6.45) is -2.61. The van der Waals surface area contributed by atoms with Crippen LogP contribution in [0.3, 0.4) is 0 Å². The Morgan fingerprint density at radius 1 is 1.15 bits per heavy atom. The zero-order valence-electron chi connectivity index (χ0n) is 19.2. The Balaban J connectivity index is 2.27. The van der Waals surface area contributed by atoms with Crippen molar-refractivity contribution in [3.8, 4) is 11.5 Å². The molecule has 1 aromatic carbocycles. The van der Waals surface area contributed by atoms with Gasteiger partial charge in [-0.2, -0.15) is 0 Å². The number of carboxylic acids is 1. The fourth-order valence-corrected chi connectivity index (χ4v) is 3.66. The summed E-state index contributed by atoms with van der Waals surface area (Å²) in [6, 6.07) is 4.15. The van der Waals surface area contributed by atoms with E-state index in [1.165, 1.54) is 21.1 Å². The lowest BCUT2D eigenvalue weighted by atomic mass is 9.87. The summed E-state index contributed by atoms with van der Waals surface area (Å²) in [6.45, 7) is 0.347. The highest BCUT2D eigenvalue weighted by molar-refractivity contribution is 5.86. The number of carbonyl (C=O) groups is 2. The number of aliphatic hydroxyl groups is 4. The van der Waals surface area contributed by atoms with Crippen molar-refractivity contribution < 1.29 is 49.3 Å². The molecule has 1 amide bonds. The predicted octanol–water partition coefficient (Wildman–Crippen LogP) is -0.490. The zero-order chi connectivity index (χ0) is 25.4. The lowest BCUT2D eigenvalue weighted by Crippen LogP contribution is -2.61. The number of methoxy groups -OCH3 is 2. The molecule has 11 heteroatoms. The maximum atomic E-state index is 11.8. The van der Waals surface area contributed by atoms with Crippen LogP contribution in [0.2, 0.25) is 0 Å². The van der Waals surface area contributed by atoms with E-state index in [2.05, 4.69) is 5.32 Å². The highest BCUT2D eigenvalue weighted by Crippen LogP contribution is 2.31. The molecule has 0 fully saturated rings. The second-order valence-corrected chi connectivity index (χ2v) is 7.72. The fourth-order valence-electron chi connectivity index (χ4n) is 3.66. The number of carbonyl (C=O) groups excluding carboxylic acids is 1. The first kappa shape index (κ1) is 27.1. The summed E-state index contributed by atoms with van der Waals surface area (Å²) in [7, 11) is 3.06. The van der Waals surface area contributed by atoms with Crippen molar-refractivity contribution in [3.63, 3.8) is 0 Å². The minimum absolute atomic E-state index is 0.0163. The third-order valence-corrected chi connectivity index (χ3v) is 5.38. The summed E-state index contributed by atoms with van der Waals surface area (Å²) in [5.41, 5.74) is 0.885. The highest BCUT2D eigenvalue weighted by atomic mass is 16.5. The highest BCUT2D eigenvalue weighted by Gasteiger charge is 2.46. The van der Waals surface area contributed by atoms with Crippen molar-refractivity contribution in [1.29, 1.82) is 0 Å². The average Bonchev–Trinajstić information content (AvgIpc) is 2.82. The molecule has 0 unspecified atom stereocenters. The summed E-state index contributed by atoms with van der Waals surface area (Å²) in [5, 5.41) is 52.1. The fraction of sp³-hybridized carbons (Fsp3) is 0.478. The van der Waals surface area contributed by atoms with Gasteiger partial charge in [-0.3, -0.25) is 4.79 Å². The SMILES string of the molecule is COc1ccc(C/C=C/CC2=C(C(=O)O)O[C@@H]([C@H](O)[C@H](O)CO)[C@H](NC(C)=O)[C@H]2O)cc1OC. The predicted molar refractivity (Wildman–Crippen MR) is 119 cm³/mol. The molecular weight excluding hydrogens is 450 g/mol. The van der Waals surface area contributed by atoms with Crippen LogP contribution in [0.5, 0.6) is 11.5 Å². The summed E-state index contributed by atoms with van der Waals surface area (Å²) in [5.74, 6) is -1.50. The number of benzene rings is 1. The number of amides is 1. The Labute approximate surface area is 196 Å². The molecule has 11 nitrogen and oxygen atoms in total. The third-order valence-electron chi connectivity index (χ3n) is 5.38. The lowest BCUT2D eigenvalue weighted by molar-refractivity contribution is -0.150. The van der Waals surface area contributed by atoms with Gasteiger partial charge in [0, 0.05) is 12.5 Å². The smallest absolute Gasteiger partial charge is 0.371 e. The lowest BCUT2D eigenvalue weighted by Gasteiger charge is -2.40. The molecule has 5 atom stereocenters. The van der Waals surface area contributed by atoms with E-state index >= 15 is 0 Å². The Kier molecular flexibility index (Phi) is 9.87. The van der Waals surface area contributed by atoms with Crippen LogP contribution in [0.15, 0.2) is 41.7 Å². The average molecular weight is 481 g/mol. The van der Waals surface area contributed by atoms with E-state index in [1.807, 2.05) is 6.07 Å². The first-order valence-corrected chi connectivity index (χ1v) is 10.6. The van der Waals surface area contributed by atoms with E-state index in [1.54, 1.807) is 24.3 Å². The van der Waals surface area contributed by atoms with Gasteiger partial charge in [0.25, 0.3) is 0 Å². The van der Waals surface area contributed by atoms with Crippen LogP contribution in [0.4, 0.5) is 0 Å². The van der Waals surface area contributed by atoms with Gasteiger partial charge in [-0.25, -0.2) is 4.79 Å². The van der Waals surface area contributed by atoms with Gasteiger partial charge in [0.2, 0.25) is 11.7 Å². The Morgan fingerprint density at radius 3 is 2.35 bits per heavy atom. The Hall–Kier alpha value is -3.12. The van der Waals surface area contributed by atoms with Gasteiger partial charge in [-0.05, 0) is 30.5 Å². The topological polar surface area (TPSA) is 175 Å². The standard InChI is InChI=1S/C23H31NO10/c1-12(26)24-18-19(28)14(21(23(30)31)34-22(18)20(29)15(27)11-25)7-5-4-6-13-8-9-16(32-2)17(10-13)33-3/h4-5,8-10,15,18-20,22,25,27-29H,6-7,11H2,1-3H3,(H,24,26)(H,30,31)/b5-4+/t15-,18-,19+,20-,22-/m1/s1. The number of carboxylic acid groups (broad SMARTS) is 1. The molecule has 0 spiro atoms. The van der Waals surface area contributed by atoms with Gasteiger partial charge in [0.15, 0.2) is 17.6 Å². The number of hydrogen-bond donors (Lipinski definition) is 6. The van der Waals surface area contributed by atoms with Gasteiger partial charge in [0.1, 0.15) is 18.3 Å². The monoisotopic (exact) mass is 481 g/mol. The van der Waals surface area contributed by atoms with E-state index in [4.69, 9.17) is 19.3 Å². The van der Waals surface area contributed by atoms with E-state index in [0.29, 0.717) is 17.9 Å². The Bertz CT molecular complexity index is 928. The molecule has 0 aromatic heterocycles. The second-order valence-electron chi connectivity index (χ2n) is 7.72. The van der Waals surface area contributed by atoms with Gasteiger partial charge >= 0.3 is 5.97 Å². The Morgan fingerprint density at radius 2 is 1.79 bits per heavy atom. The van der Waals surface area contributed by atoms with Crippen LogP contribution in [0.25, 0.3) is 0 Å². The third kappa shape index (κ3) is 6.48. The number of rotatable bonds is 11. The van der Waals surface area contributed by atoms with Crippen molar-refractivity contribution >= 4 is 11.9 Å². The van der Waals surface area contributed by atoms with Crippen molar-refractivity contribution in [2.45, 2.75) is 50.2 Å². The normalized spacial score (nSPS) is 22.1. The first-order chi connectivity index (χ1) is 16.1. The number of hydrogen-bond acceptors (Lipinski definition) is 9. The molecule has 1 aliphatic heterocycles. The van der Waals surface area contributed by atoms with Crippen LogP contribution >= 0.6 is 0 Å². The molecule has 2 rings (SSSR count). The molecule has 34 heavy (non-hydrogen) atoms. The van der Waals surface area contributed by atoms with Crippen molar-refractivity contribution in [1.82, 2.24) is 5.32 Å². The minimum Gasteiger partial charge on any atom is -0.493 e. The van der Waals surface area contributed by atoms with Crippen LogP contribution in [0.1, 0.15) is 18.9 Å². The van der Waals surface area contributed by atoms with Gasteiger partial charge in [-0.1, -0.05) is 18.2 Å². The largest absolute Gasteiger partial charge is 0.493 e. The molecule has 1 aromatic rings. The first-order valence-electron chi connectivity index (χ1n) is 10.6. The minimum atomic E-state index is -1.77. The number of aliphatic hydroxyl groups excluding tert-OH is 4. The van der Waals surface area contributed by atoms with Crippen LogP contribution in [-0.2, 0) is 20.7 Å². The number of allylic oxidation sites excluding steroid dienone is 2. The van der Waals surface area contributed by atoms with Crippen molar-refractivity contribution in [2.75, 3.05) is 20.8 Å². The van der Waals surface area contributed by atoms with Gasteiger partial charge < -0.3 is 45.1 Å². The van der Waals surface area contributed by atoms with Crippen LogP contribution < -0.4 is 14.8 Å². The number of ether oxygens (including phenoxy) is 3. The van der Waals surface area contributed by atoms with E-state index in [-0.39, 0.29) is 12.0 Å². The van der Waals surface area contributed by atoms with Crippen LogP contribution in [0, 0.1) is 0 Å². The molecule has 1 aliphatic rings. The zero-order valence-corrected chi connectivity index (χ0v) is 19.2. The molecular formula is C23H31NO10.